The van der Waals surface area contributed by atoms with Gasteiger partial charge in [-0.3, -0.25) is 4.79 Å². The van der Waals surface area contributed by atoms with Crippen molar-refractivity contribution in [3.63, 3.8) is 0 Å². The zero-order chi connectivity index (χ0) is 14.7. The first-order chi connectivity index (χ1) is 9.50. The normalized spacial score (nSPS) is 11.9. The van der Waals surface area contributed by atoms with Crippen LogP contribution in [0.1, 0.15) is 11.6 Å². The van der Waals surface area contributed by atoms with E-state index in [1.165, 1.54) is 0 Å². The summed E-state index contributed by atoms with van der Waals surface area (Å²) < 4.78 is 0.814. The van der Waals surface area contributed by atoms with Crippen LogP contribution in [0.4, 0.5) is 5.69 Å². The molecule has 0 aromatic heterocycles. The van der Waals surface area contributed by atoms with Gasteiger partial charge in [-0.1, -0.05) is 41.4 Å². The van der Waals surface area contributed by atoms with Crippen molar-refractivity contribution < 1.29 is 4.79 Å². The van der Waals surface area contributed by atoms with Gasteiger partial charge in [-0.2, -0.15) is 0 Å². The molecule has 2 rings (SSSR count). The number of benzene rings is 2. The van der Waals surface area contributed by atoms with Crippen molar-refractivity contribution in [2.75, 3.05) is 5.32 Å². The smallest absolute Gasteiger partial charge is 0.244 e. The lowest BCUT2D eigenvalue weighted by atomic mass is 10.1. The Bertz CT molecular complexity index is 629. The number of nitrogens with one attached hydrogen (secondary N) is 1. The van der Waals surface area contributed by atoms with Gasteiger partial charge < -0.3 is 11.1 Å². The Balaban J connectivity index is 2.43. The summed E-state index contributed by atoms with van der Waals surface area (Å²) in [6.45, 7) is 0. The largest absolute Gasteiger partial charge is 0.369 e. The molecule has 0 fully saturated rings. The molecule has 1 atom stereocenters. The first kappa shape index (κ1) is 15.2. The quantitative estimate of drug-likeness (QED) is 0.834. The van der Waals surface area contributed by atoms with Gasteiger partial charge in [0.1, 0.15) is 6.04 Å². The van der Waals surface area contributed by atoms with E-state index in [1.54, 1.807) is 18.2 Å². The highest BCUT2D eigenvalue weighted by molar-refractivity contribution is 9.10. The van der Waals surface area contributed by atoms with Gasteiger partial charge in [0, 0.05) is 25.8 Å². The Hall–Kier alpha value is -1.23. The summed E-state index contributed by atoms with van der Waals surface area (Å²) in [4.78, 5) is 11.7. The second-order valence-corrected chi connectivity index (χ2v) is 5.76. The number of carbonyl (C=O) groups is 1. The van der Waals surface area contributed by atoms with Gasteiger partial charge in [-0.15, -0.1) is 0 Å². The third kappa shape index (κ3) is 3.26. The van der Waals surface area contributed by atoms with Gasteiger partial charge in [0.15, 0.2) is 0 Å². The van der Waals surface area contributed by atoms with Gasteiger partial charge in [-0.05, 0) is 40.2 Å². The Morgan fingerprint density at radius 3 is 2.25 bits per heavy atom. The maximum Gasteiger partial charge on any atom is 0.244 e. The molecule has 2 aromatic rings. The number of rotatable bonds is 4. The van der Waals surface area contributed by atoms with Crippen molar-refractivity contribution in [3.05, 3.63) is 62.5 Å². The summed E-state index contributed by atoms with van der Waals surface area (Å²) in [6, 6.07) is 11.6. The molecule has 2 aromatic carbocycles. The summed E-state index contributed by atoms with van der Waals surface area (Å²) in [5.41, 5.74) is 6.67. The first-order valence-corrected chi connectivity index (χ1v) is 7.30. The van der Waals surface area contributed by atoms with E-state index in [1.807, 2.05) is 24.3 Å². The number of hydrogen-bond acceptors (Lipinski definition) is 2. The summed E-state index contributed by atoms with van der Waals surface area (Å²) in [7, 11) is 0. The van der Waals surface area contributed by atoms with Crippen molar-refractivity contribution >= 4 is 50.7 Å². The van der Waals surface area contributed by atoms with Gasteiger partial charge in [0.2, 0.25) is 5.91 Å². The van der Waals surface area contributed by atoms with E-state index < -0.39 is 11.9 Å². The molecule has 0 aliphatic rings. The lowest BCUT2D eigenvalue weighted by molar-refractivity contribution is -0.118. The average Bonchev–Trinajstić information content (AvgIpc) is 2.39. The van der Waals surface area contributed by atoms with E-state index in [2.05, 4.69) is 21.2 Å². The Morgan fingerprint density at radius 2 is 1.70 bits per heavy atom. The van der Waals surface area contributed by atoms with Gasteiger partial charge in [-0.25, -0.2) is 0 Å². The van der Waals surface area contributed by atoms with Crippen LogP contribution in [0.25, 0.3) is 0 Å². The van der Waals surface area contributed by atoms with Crippen LogP contribution in [0.15, 0.2) is 46.9 Å². The Kier molecular flexibility index (Phi) is 4.91. The highest BCUT2D eigenvalue weighted by Crippen LogP contribution is 2.33. The molecule has 0 saturated heterocycles. The topological polar surface area (TPSA) is 55.1 Å². The third-order valence-corrected chi connectivity index (χ3v) is 4.10. The van der Waals surface area contributed by atoms with Crippen molar-refractivity contribution in [1.82, 2.24) is 0 Å². The summed E-state index contributed by atoms with van der Waals surface area (Å²) >= 11 is 15.7. The molecule has 0 heterocycles. The predicted molar refractivity (Wildman–Crippen MR) is 86.2 cm³/mol. The zero-order valence-electron chi connectivity index (χ0n) is 10.2. The molecular weight excluding hydrogens is 363 g/mol. The van der Waals surface area contributed by atoms with Gasteiger partial charge >= 0.3 is 0 Å². The fourth-order valence-corrected chi connectivity index (χ4v) is 2.82. The predicted octanol–water partition coefficient (Wildman–Crippen LogP) is 4.39. The standard InChI is InChI=1S/C14H11BrCl2N2O/c15-8-4-1-2-7-11(8)19-13(14(18)20)12-9(16)5-3-6-10(12)17/h1-7,13,19H,(H2,18,20). The molecule has 20 heavy (non-hydrogen) atoms. The molecule has 1 unspecified atom stereocenters. The Labute approximate surface area is 135 Å². The molecule has 3 nitrogen and oxygen atoms in total. The van der Waals surface area contributed by atoms with Crippen LogP contribution in [0.5, 0.6) is 0 Å². The number of nitrogens with two attached hydrogens (primary N) is 1. The highest BCUT2D eigenvalue weighted by Gasteiger charge is 2.23. The SMILES string of the molecule is NC(=O)C(Nc1ccccc1Br)c1c(Cl)cccc1Cl. The van der Waals surface area contributed by atoms with E-state index >= 15 is 0 Å². The van der Waals surface area contributed by atoms with Crippen molar-refractivity contribution in [3.8, 4) is 0 Å². The van der Waals surface area contributed by atoms with Crippen LogP contribution >= 0.6 is 39.1 Å². The number of anilines is 1. The fourth-order valence-electron chi connectivity index (χ4n) is 1.81. The minimum Gasteiger partial charge on any atom is -0.369 e. The molecule has 0 radical (unpaired) electrons. The maximum atomic E-state index is 11.7. The van der Waals surface area contributed by atoms with Gasteiger partial charge in [0.25, 0.3) is 0 Å². The van der Waals surface area contributed by atoms with E-state index in [-0.39, 0.29) is 0 Å². The monoisotopic (exact) mass is 372 g/mol. The van der Waals surface area contributed by atoms with E-state index in [0.717, 1.165) is 10.2 Å². The van der Waals surface area contributed by atoms with Crippen LogP contribution in [-0.2, 0) is 4.79 Å². The minimum atomic E-state index is -0.810. The maximum absolute atomic E-state index is 11.7. The molecule has 0 aliphatic heterocycles. The number of amides is 1. The molecule has 1 amide bonds. The zero-order valence-corrected chi connectivity index (χ0v) is 13.3. The molecular formula is C14H11BrCl2N2O. The van der Waals surface area contributed by atoms with Crippen molar-refractivity contribution in [1.29, 1.82) is 0 Å². The molecule has 3 N–H and O–H groups in total. The molecule has 6 heteroatoms. The molecule has 0 bridgehead atoms. The number of para-hydroxylation sites is 1. The summed E-state index contributed by atoms with van der Waals surface area (Å²) in [5.74, 6) is -0.559. The van der Waals surface area contributed by atoms with Crippen LogP contribution in [0.3, 0.4) is 0 Å². The van der Waals surface area contributed by atoms with Crippen molar-refractivity contribution in [2.45, 2.75) is 6.04 Å². The molecule has 0 aliphatic carbocycles. The molecule has 104 valence electrons. The lowest BCUT2D eigenvalue weighted by Gasteiger charge is -2.20. The van der Waals surface area contributed by atoms with E-state index in [4.69, 9.17) is 28.9 Å². The summed E-state index contributed by atoms with van der Waals surface area (Å²) in [5, 5.41) is 3.83. The number of carbonyl (C=O) groups excluding carboxylic acids is 1. The van der Waals surface area contributed by atoms with Crippen LogP contribution in [-0.4, -0.2) is 5.91 Å². The lowest BCUT2D eigenvalue weighted by Crippen LogP contribution is -2.28. The highest BCUT2D eigenvalue weighted by atomic mass is 79.9. The minimum absolute atomic E-state index is 0.390. The number of hydrogen-bond donors (Lipinski definition) is 2. The second-order valence-electron chi connectivity index (χ2n) is 4.09. The van der Waals surface area contributed by atoms with Crippen LogP contribution < -0.4 is 11.1 Å². The third-order valence-electron chi connectivity index (χ3n) is 2.75. The average molecular weight is 374 g/mol. The Morgan fingerprint density at radius 1 is 1.10 bits per heavy atom. The number of primary amides is 1. The van der Waals surface area contributed by atoms with Crippen LogP contribution in [0, 0.1) is 0 Å². The second kappa shape index (κ2) is 6.48. The molecule has 0 spiro atoms. The van der Waals surface area contributed by atoms with Crippen molar-refractivity contribution in [2.24, 2.45) is 5.73 Å². The van der Waals surface area contributed by atoms with E-state index in [9.17, 15) is 4.79 Å². The van der Waals surface area contributed by atoms with Crippen LogP contribution in [0.2, 0.25) is 10.0 Å². The van der Waals surface area contributed by atoms with Gasteiger partial charge in [0.05, 0.1) is 0 Å². The fraction of sp³-hybridized carbons (Fsp3) is 0.0714. The molecule has 0 saturated carbocycles. The van der Waals surface area contributed by atoms with E-state index in [0.29, 0.717) is 15.6 Å². The summed E-state index contributed by atoms with van der Waals surface area (Å²) in [6.07, 6.45) is 0. The first-order valence-electron chi connectivity index (χ1n) is 5.75. The number of halogens is 3.